The van der Waals surface area contributed by atoms with Gasteiger partial charge in [-0.05, 0) is 58.5 Å². The van der Waals surface area contributed by atoms with Crippen LogP contribution in [0.25, 0.3) is 0 Å². The molecule has 0 saturated heterocycles. The minimum atomic E-state index is 0.756. The molecule has 0 radical (unpaired) electrons. The predicted molar refractivity (Wildman–Crippen MR) is 82.9 cm³/mol. The summed E-state index contributed by atoms with van der Waals surface area (Å²) in [6.45, 7) is 0.773. The fourth-order valence-corrected chi connectivity index (χ4v) is 2.62. The summed E-state index contributed by atoms with van der Waals surface area (Å²) in [6, 6.07) is 13.6. The number of rotatable bonds is 3. The summed E-state index contributed by atoms with van der Waals surface area (Å²) < 4.78 is 1.11. The topological polar surface area (TPSA) is 12.0 Å². The highest BCUT2D eigenvalue weighted by atomic mass is 127. The van der Waals surface area contributed by atoms with E-state index in [0.29, 0.717) is 0 Å². The molecule has 0 aliphatic carbocycles. The highest BCUT2D eigenvalue weighted by Crippen LogP contribution is 2.23. The van der Waals surface area contributed by atoms with Gasteiger partial charge in [0.15, 0.2) is 0 Å². The van der Waals surface area contributed by atoms with Gasteiger partial charge in [0.05, 0.1) is 0 Å². The van der Waals surface area contributed by atoms with Crippen LogP contribution in [0.15, 0.2) is 42.5 Å². The van der Waals surface area contributed by atoms with Crippen molar-refractivity contribution in [1.29, 1.82) is 0 Å². The summed E-state index contributed by atoms with van der Waals surface area (Å²) in [5.41, 5.74) is 2.28. The molecule has 0 atom stereocenters. The summed E-state index contributed by atoms with van der Waals surface area (Å²) in [5.74, 6) is 0. The minimum Gasteiger partial charge on any atom is -0.380 e. The lowest BCUT2D eigenvalue weighted by Crippen LogP contribution is -2.00. The number of nitrogens with one attached hydrogen (secondary N) is 1. The standard InChI is InChI=1S/C13H10Cl2IN/c14-10-3-1-9(2-4-10)8-17-13-6-5-11(15)7-12(13)16/h1-7,17H,8H2. The first-order chi connectivity index (χ1) is 8.15. The van der Waals surface area contributed by atoms with Crippen LogP contribution in [0.3, 0.4) is 0 Å². The molecular weight excluding hydrogens is 368 g/mol. The normalized spacial score (nSPS) is 10.3. The Morgan fingerprint density at radius 2 is 1.59 bits per heavy atom. The lowest BCUT2D eigenvalue weighted by molar-refractivity contribution is 1.15. The van der Waals surface area contributed by atoms with Gasteiger partial charge in [0.1, 0.15) is 0 Å². The molecule has 0 aliphatic rings. The van der Waals surface area contributed by atoms with Gasteiger partial charge in [0.2, 0.25) is 0 Å². The summed E-state index contributed by atoms with van der Waals surface area (Å²) in [4.78, 5) is 0. The van der Waals surface area contributed by atoms with Gasteiger partial charge in [-0.2, -0.15) is 0 Å². The predicted octanol–water partition coefficient (Wildman–Crippen LogP) is 5.21. The third kappa shape index (κ3) is 3.76. The molecular formula is C13H10Cl2IN. The van der Waals surface area contributed by atoms with Crippen LogP contribution in [0.2, 0.25) is 10.0 Å². The smallest absolute Gasteiger partial charge is 0.0479 e. The molecule has 0 saturated carbocycles. The van der Waals surface area contributed by atoms with Crippen molar-refractivity contribution in [3.05, 3.63) is 61.6 Å². The minimum absolute atomic E-state index is 0.756. The first kappa shape index (κ1) is 13.0. The molecule has 0 aromatic heterocycles. The third-order valence-electron chi connectivity index (χ3n) is 2.33. The van der Waals surface area contributed by atoms with E-state index in [1.807, 2.05) is 42.5 Å². The highest BCUT2D eigenvalue weighted by Gasteiger charge is 2.00. The van der Waals surface area contributed by atoms with E-state index in [1.54, 1.807) is 0 Å². The maximum absolute atomic E-state index is 5.90. The quantitative estimate of drug-likeness (QED) is 0.724. The zero-order valence-corrected chi connectivity index (χ0v) is 12.6. The first-order valence-electron chi connectivity index (χ1n) is 5.08. The van der Waals surface area contributed by atoms with Crippen LogP contribution in [0.4, 0.5) is 5.69 Å². The number of hydrogen-bond acceptors (Lipinski definition) is 1. The molecule has 17 heavy (non-hydrogen) atoms. The van der Waals surface area contributed by atoms with E-state index in [9.17, 15) is 0 Å². The molecule has 2 aromatic rings. The summed E-state index contributed by atoms with van der Waals surface area (Å²) in [6.07, 6.45) is 0. The number of benzene rings is 2. The molecule has 0 bridgehead atoms. The fourth-order valence-electron chi connectivity index (χ4n) is 1.43. The van der Waals surface area contributed by atoms with Crippen LogP contribution < -0.4 is 5.32 Å². The summed E-state index contributed by atoms with van der Waals surface area (Å²) in [5, 5.41) is 4.88. The van der Waals surface area contributed by atoms with E-state index < -0.39 is 0 Å². The van der Waals surface area contributed by atoms with Gasteiger partial charge < -0.3 is 5.32 Å². The molecule has 0 spiro atoms. The average Bonchev–Trinajstić information content (AvgIpc) is 2.30. The lowest BCUT2D eigenvalue weighted by Gasteiger charge is -2.09. The molecule has 0 fully saturated rings. The second-order valence-corrected chi connectivity index (χ2v) is 5.64. The van der Waals surface area contributed by atoms with Gasteiger partial charge in [0, 0.05) is 25.8 Å². The van der Waals surface area contributed by atoms with Crippen molar-refractivity contribution < 1.29 is 0 Å². The molecule has 4 heteroatoms. The zero-order valence-electron chi connectivity index (χ0n) is 8.88. The molecule has 1 nitrogen and oxygen atoms in total. The van der Waals surface area contributed by atoms with E-state index in [2.05, 4.69) is 27.9 Å². The molecule has 0 unspecified atom stereocenters. The Balaban J connectivity index is 2.04. The second kappa shape index (κ2) is 5.94. The fraction of sp³-hybridized carbons (Fsp3) is 0.0769. The van der Waals surface area contributed by atoms with Crippen molar-refractivity contribution in [3.63, 3.8) is 0 Å². The number of halogens is 3. The molecule has 0 aliphatic heterocycles. The van der Waals surface area contributed by atoms with Gasteiger partial charge in [-0.3, -0.25) is 0 Å². The van der Waals surface area contributed by atoms with Crippen molar-refractivity contribution in [1.82, 2.24) is 0 Å². The van der Waals surface area contributed by atoms with E-state index in [4.69, 9.17) is 23.2 Å². The Morgan fingerprint density at radius 3 is 2.24 bits per heavy atom. The second-order valence-electron chi connectivity index (χ2n) is 3.60. The Morgan fingerprint density at radius 1 is 0.941 bits per heavy atom. The van der Waals surface area contributed by atoms with Crippen LogP contribution in [0.1, 0.15) is 5.56 Å². The van der Waals surface area contributed by atoms with E-state index in [-0.39, 0.29) is 0 Å². The van der Waals surface area contributed by atoms with Gasteiger partial charge in [0.25, 0.3) is 0 Å². The van der Waals surface area contributed by atoms with E-state index >= 15 is 0 Å². The van der Waals surface area contributed by atoms with E-state index in [1.165, 1.54) is 5.56 Å². The average molecular weight is 378 g/mol. The maximum atomic E-state index is 5.90. The Kier molecular flexibility index (Phi) is 4.54. The monoisotopic (exact) mass is 377 g/mol. The molecule has 1 N–H and O–H groups in total. The first-order valence-corrected chi connectivity index (χ1v) is 6.92. The number of hydrogen-bond donors (Lipinski definition) is 1. The van der Waals surface area contributed by atoms with Crippen LogP contribution >= 0.6 is 45.8 Å². The zero-order chi connectivity index (χ0) is 12.3. The van der Waals surface area contributed by atoms with Crippen molar-refractivity contribution >= 4 is 51.5 Å². The van der Waals surface area contributed by atoms with Gasteiger partial charge in [-0.1, -0.05) is 35.3 Å². The van der Waals surface area contributed by atoms with Gasteiger partial charge in [-0.25, -0.2) is 0 Å². The van der Waals surface area contributed by atoms with Crippen molar-refractivity contribution in [2.45, 2.75) is 6.54 Å². The van der Waals surface area contributed by atoms with Crippen molar-refractivity contribution in [2.24, 2.45) is 0 Å². The Labute approximate surface area is 124 Å². The van der Waals surface area contributed by atoms with Crippen LogP contribution in [0, 0.1) is 3.57 Å². The molecule has 2 rings (SSSR count). The van der Waals surface area contributed by atoms with Gasteiger partial charge in [-0.15, -0.1) is 0 Å². The molecule has 0 amide bonds. The van der Waals surface area contributed by atoms with Crippen LogP contribution in [-0.2, 0) is 6.54 Å². The lowest BCUT2D eigenvalue weighted by atomic mass is 10.2. The summed E-state index contributed by atoms with van der Waals surface area (Å²) >= 11 is 14.0. The molecule has 88 valence electrons. The SMILES string of the molecule is Clc1ccc(CNc2ccc(Cl)cc2I)cc1. The van der Waals surface area contributed by atoms with Crippen LogP contribution in [-0.4, -0.2) is 0 Å². The Hall–Kier alpha value is -0.450. The highest BCUT2D eigenvalue weighted by molar-refractivity contribution is 14.1. The van der Waals surface area contributed by atoms with E-state index in [0.717, 1.165) is 25.8 Å². The van der Waals surface area contributed by atoms with Crippen molar-refractivity contribution in [3.8, 4) is 0 Å². The third-order valence-corrected chi connectivity index (χ3v) is 3.71. The van der Waals surface area contributed by atoms with Crippen LogP contribution in [0.5, 0.6) is 0 Å². The molecule has 2 aromatic carbocycles. The summed E-state index contributed by atoms with van der Waals surface area (Å²) in [7, 11) is 0. The largest absolute Gasteiger partial charge is 0.380 e. The van der Waals surface area contributed by atoms with Crippen molar-refractivity contribution in [2.75, 3.05) is 5.32 Å². The number of anilines is 1. The molecule has 0 heterocycles. The van der Waals surface area contributed by atoms with Gasteiger partial charge >= 0.3 is 0 Å². The Bertz CT molecular complexity index is 511. The maximum Gasteiger partial charge on any atom is 0.0479 e.